The Hall–Kier alpha value is -1.06. The van der Waals surface area contributed by atoms with Gasteiger partial charge in [-0.05, 0) is 26.7 Å². The first-order valence-electron chi connectivity index (χ1n) is 5.29. The standard InChI is InChI=1S/C11H21NO3/c1-6-8(7-2)12(5)9(13)11(3,4)10(14)15/h8H,6-7H2,1-5H3,(H,14,15). The van der Waals surface area contributed by atoms with Gasteiger partial charge in [-0.3, -0.25) is 9.59 Å². The summed E-state index contributed by atoms with van der Waals surface area (Å²) in [6.07, 6.45) is 1.68. The SMILES string of the molecule is CCC(CC)N(C)C(=O)C(C)(C)C(=O)O. The van der Waals surface area contributed by atoms with E-state index in [0.717, 1.165) is 12.8 Å². The Kier molecular flexibility index (Phi) is 4.78. The molecule has 0 rings (SSSR count). The second kappa shape index (κ2) is 5.14. The monoisotopic (exact) mass is 215 g/mol. The average molecular weight is 215 g/mol. The van der Waals surface area contributed by atoms with Crippen molar-refractivity contribution in [2.45, 2.75) is 46.6 Å². The van der Waals surface area contributed by atoms with Crippen molar-refractivity contribution < 1.29 is 14.7 Å². The summed E-state index contributed by atoms with van der Waals surface area (Å²) in [4.78, 5) is 24.4. The van der Waals surface area contributed by atoms with E-state index in [4.69, 9.17) is 5.11 Å². The summed E-state index contributed by atoms with van der Waals surface area (Å²) >= 11 is 0. The molecule has 0 aliphatic heterocycles. The molecule has 4 heteroatoms. The molecular weight excluding hydrogens is 194 g/mol. The molecule has 0 fully saturated rings. The van der Waals surface area contributed by atoms with Crippen LogP contribution in [-0.4, -0.2) is 35.0 Å². The second-order valence-corrected chi connectivity index (χ2v) is 4.32. The number of carboxylic acid groups (broad SMARTS) is 1. The van der Waals surface area contributed by atoms with Crippen molar-refractivity contribution in [1.82, 2.24) is 4.90 Å². The highest BCUT2D eigenvalue weighted by molar-refractivity contribution is 6.00. The molecule has 1 amide bonds. The molecule has 0 unspecified atom stereocenters. The number of amides is 1. The number of nitrogens with zero attached hydrogens (tertiary/aromatic N) is 1. The fourth-order valence-corrected chi connectivity index (χ4v) is 1.53. The van der Waals surface area contributed by atoms with Crippen molar-refractivity contribution in [3.05, 3.63) is 0 Å². The predicted molar refractivity (Wildman–Crippen MR) is 58.6 cm³/mol. The smallest absolute Gasteiger partial charge is 0.318 e. The van der Waals surface area contributed by atoms with E-state index in [1.807, 2.05) is 13.8 Å². The van der Waals surface area contributed by atoms with Gasteiger partial charge in [0.15, 0.2) is 0 Å². The van der Waals surface area contributed by atoms with Crippen LogP contribution in [0, 0.1) is 5.41 Å². The Morgan fingerprint density at radius 2 is 1.67 bits per heavy atom. The first-order chi connectivity index (χ1) is 6.78. The summed E-state index contributed by atoms with van der Waals surface area (Å²) in [5.41, 5.74) is -1.34. The summed E-state index contributed by atoms with van der Waals surface area (Å²) in [5, 5.41) is 8.94. The molecule has 0 saturated heterocycles. The van der Waals surface area contributed by atoms with Crippen LogP contribution >= 0.6 is 0 Å². The zero-order valence-corrected chi connectivity index (χ0v) is 10.2. The highest BCUT2D eigenvalue weighted by atomic mass is 16.4. The lowest BCUT2D eigenvalue weighted by molar-refractivity contribution is -0.158. The molecule has 0 atom stereocenters. The highest BCUT2D eigenvalue weighted by Gasteiger charge is 2.39. The van der Waals surface area contributed by atoms with Crippen molar-refractivity contribution in [2.24, 2.45) is 5.41 Å². The van der Waals surface area contributed by atoms with Crippen molar-refractivity contribution in [3.8, 4) is 0 Å². The van der Waals surface area contributed by atoms with Crippen LogP contribution in [0.1, 0.15) is 40.5 Å². The Balaban J connectivity index is 4.78. The predicted octanol–water partition coefficient (Wildman–Crippen LogP) is 1.74. The van der Waals surface area contributed by atoms with E-state index in [1.54, 1.807) is 11.9 Å². The third-order valence-electron chi connectivity index (χ3n) is 2.88. The Bertz CT molecular complexity index is 244. The van der Waals surface area contributed by atoms with Crippen molar-refractivity contribution in [1.29, 1.82) is 0 Å². The van der Waals surface area contributed by atoms with Crippen LogP contribution in [-0.2, 0) is 9.59 Å². The van der Waals surface area contributed by atoms with E-state index in [1.165, 1.54) is 13.8 Å². The topological polar surface area (TPSA) is 57.6 Å². The summed E-state index contributed by atoms with van der Waals surface area (Å²) in [5.74, 6) is -1.41. The molecule has 0 bridgehead atoms. The molecule has 0 aliphatic carbocycles. The molecule has 0 spiro atoms. The second-order valence-electron chi connectivity index (χ2n) is 4.32. The number of carbonyl (C=O) groups excluding carboxylic acids is 1. The van der Waals surface area contributed by atoms with Gasteiger partial charge in [0.05, 0.1) is 0 Å². The van der Waals surface area contributed by atoms with Crippen molar-refractivity contribution in [2.75, 3.05) is 7.05 Å². The van der Waals surface area contributed by atoms with Gasteiger partial charge in [-0.2, -0.15) is 0 Å². The van der Waals surface area contributed by atoms with E-state index >= 15 is 0 Å². The van der Waals surface area contributed by atoms with Crippen LogP contribution in [0.5, 0.6) is 0 Å². The lowest BCUT2D eigenvalue weighted by Crippen LogP contribution is -2.47. The van der Waals surface area contributed by atoms with Crippen LogP contribution in [0.3, 0.4) is 0 Å². The Morgan fingerprint density at radius 3 is 1.93 bits per heavy atom. The molecule has 0 aromatic heterocycles. The van der Waals surface area contributed by atoms with E-state index in [-0.39, 0.29) is 11.9 Å². The summed E-state index contributed by atoms with van der Waals surface area (Å²) < 4.78 is 0. The normalized spacial score (nSPS) is 11.6. The van der Waals surface area contributed by atoms with Crippen molar-refractivity contribution in [3.63, 3.8) is 0 Å². The van der Waals surface area contributed by atoms with Gasteiger partial charge < -0.3 is 10.0 Å². The Labute approximate surface area is 91.3 Å². The van der Waals surface area contributed by atoms with Gasteiger partial charge >= 0.3 is 5.97 Å². The maximum Gasteiger partial charge on any atom is 0.318 e. The number of aliphatic carboxylic acids is 1. The number of hydrogen-bond acceptors (Lipinski definition) is 2. The lowest BCUT2D eigenvalue weighted by atomic mass is 9.91. The van der Waals surface area contributed by atoms with Crippen LogP contribution in [0.2, 0.25) is 0 Å². The van der Waals surface area contributed by atoms with E-state index in [9.17, 15) is 9.59 Å². The molecule has 0 aliphatic rings. The van der Waals surface area contributed by atoms with E-state index in [0.29, 0.717) is 0 Å². The number of hydrogen-bond donors (Lipinski definition) is 1. The van der Waals surface area contributed by atoms with Crippen LogP contribution in [0.25, 0.3) is 0 Å². The van der Waals surface area contributed by atoms with Gasteiger partial charge in [0.25, 0.3) is 0 Å². The molecule has 0 saturated carbocycles. The van der Waals surface area contributed by atoms with Crippen LogP contribution in [0.4, 0.5) is 0 Å². The molecule has 0 radical (unpaired) electrons. The Morgan fingerprint density at radius 1 is 1.27 bits per heavy atom. The summed E-state index contributed by atoms with van der Waals surface area (Å²) in [7, 11) is 1.67. The molecule has 0 aromatic rings. The molecule has 0 heterocycles. The summed E-state index contributed by atoms with van der Waals surface area (Å²) in [6, 6.07) is 0.121. The lowest BCUT2D eigenvalue weighted by Gasteiger charge is -2.31. The highest BCUT2D eigenvalue weighted by Crippen LogP contribution is 2.21. The van der Waals surface area contributed by atoms with Gasteiger partial charge in [-0.1, -0.05) is 13.8 Å². The first-order valence-corrected chi connectivity index (χ1v) is 5.29. The van der Waals surface area contributed by atoms with E-state index < -0.39 is 11.4 Å². The van der Waals surface area contributed by atoms with Crippen LogP contribution < -0.4 is 0 Å². The number of carbonyl (C=O) groups is 2. The van der Waals surface area contributed by atoms with Gasteiger partial charge in [0.2, 0.25) is 5.91 Å². The molecule has 0 aromatic carbocycles. The van der Waals surface area contributed by atoms with Gasteiger partial charge in [-0.15, -0.1) is 0 Å². The molecular formula is C11H21NO3. The van der Waals surface area contributed by atoms with Gasteiger partial charge in [0, 0.05) is 13.1 Å². The maximum atomic E-state index is 11.9. The van der Waals surface area contributed by atoms with E-state index in [2.05, 4.69) is 0 Å². The quantitative estimate of drug-likeness (QED) is 0.711. The first kappa shape index (κ1) is 13.9. The third kappa shape index (κ3) is 2.94. The fourth-order valence-electron chi connectivity index (χ4n) is 1.53. The van der Waals surface area contributed by atoms with Gasteiger partial charge in [-0.25, -0.2) is 0 Å². The largest absolute Gasteiger partial charge is 0.480 e. The summed E-state index contributed by atoms with van der Waals surface area (Å²) in [6.45, 7) is 6.87. The fraction of sp³-hybridized carbons (Fsp3) is 0.818. The third-order valence-corrected chi connectivity index (χ3v) is 2.88. The van der Waals surface area contributed by atoms with Crippen LogP contribution in [0.15, 0.2) is 0 Å². The zero-order valence-electron chi connectivity index (χ0n) is 10.2. The minimum Gasteiger partial charge on any atom is -0.480 e. The van der Waals surface area contributed by atoms with Gasteiger partial charge in [0.1, 0.15) is 5.41 Å². The molecule has 1 N–H and O–H groups in total. The molecule has 88 valence electrons. The zero-order chi connectivity index (χ0) is 12.2. The minimum absolute atomic E-state index is 0.121. The van der Waals surface area contributed by atoms with Crippen molar-refractivity contribution >= 4 is 11.9 Å². The number of carboxylic acids is 1. The maximum absolute atomic E-state index is 11.9. The minimum atomic E-state index is -1.34. The molecule has 4 nitrogen and oxygen atoms in total. The number of rotatable bonds is 5. The average Bonchev–Trinajstić information content (AvgIpc) is 2.17. The molecule has 15 heavy (non-hydrogen) atoms.